The molecule has 0 saturated carbocycles. The molecule has 1 atom stereocenters. The van der Waals surface area contributed by atoms with Crippen LogP contribution < -0.4 is 10.6 Å². The van der Waals surface area contributed by atoms with E-state index in [1.165, 1.54) is 6.08 Å². The van der Waals surface area contributed by atoms with Crippen molar-refractivity contribution in [3.05, 3.63) is 83.7 Å². The molecule has 2 amide bonds. The second-order valence-electron chi connectivity index (χ2n) is 10.1. The summed E-state index contributed by atoms with van der Waals surface area (Å²) in [5.41, 5.74) is 3.79. The van der Waals surface area contributed by atoms with Crippen LogP contribution in [0, 0.1) is 0 Å². The number of hydrogen-bond donors (Lipinski definition) is 3. The number of H-pyrrole nitrogens is 1. The number of nitrogens with one attached hydrogen (secondary N) is 3. The Morgan fingerprint density at radius 1 is 1.18 bits per heavy atom. The molecule has 4 aromatic rings. The van der Waals surface area contributed by atoms with Crippen molar-refractivity contribution in [3.8, 4) is 11.3 Å². The van der Waals surface area contributed by atoms with E-state index in [2.05, 4.69) is 20.6 Å². The van der Waals surface area contributed by atoms with Crippen LogP contribution >= 0.6 is 11.6 Å². The summed E-state index contributed by atoms with van der Waals surface area (Å²) in [5.74, 6) is 0.221. The van der Waals surface area contributed by atoms with Crippen LogP contribution in [0.15, 0.2) is 73.1 Å². The summed E-state index contributed by atoms with van der Waals surface area (Å²) < 4.78 is 0. The molecule has 1 aliphatic rings. The molecular weight excluding hydrogens is 526 g/mol. The molecule has 9 nitrogen and oxygen atoms in total. The third-order valence-electron chi connectivity index (χ3n) is 6.77. The molecule has 10 heteroatoms. The lowest BCUT2D eigenvalue weighted by Gasteiger charge is -2.33. The van der Waals surface area contributed by atoms with Gasteiger partial charge in [-0.15, -0.1) is 0 Å². The Kier molecular flexibility index (Phi) is 8.42. The summed E-state index contributed by atoms with van der Waals surface area (Å²) in [6.07, 6.45) is 8.57. The molecule has 206 valence electrons. The van der Waals surface area contributed by atoms with Crippen molar-refractivity contribution >= 4 is 46.0 Å². The number of fused-ring (bicyclic) bond motifs is 1. The summed E-state index contributed by atoms with van der Waals surface area (Å²) in [4.78, 5) is 41.6. The molecule has 0 radical (unpaired) electrons. The first kappa shape index (κ1) is 27.4. The second-order valence-corrected chi connectivity index (χ2v) is 10.5. The fourth-order valence-corrected chi connectivity index (χ4v) is 4.98. The number of nitrogens with zero attached hydrogens (tertiary/aromatic N) is 4. The first-order valence-corrected chi connectivity index (χ1v) is 13.6. The fourth-order valence-electron chi connectivity index (χ4n) is 4.79. The number of aromatic amines is 1. The van der Waals surface area contributed by atoms with Gasteiger partial charge in [0.25, 0.3) is 5.91 Å². The molecule has 0 bridgehead atoms. The van der Waals surface area contributed by atoms with E-state index < -0.39 is 0 Å². The molecule has 3 N–H and O–H groups in total. The van der Waals surface area contributed by atoms with E-state index in [1.807, 2.05) is 54.4 Å². The number of halogens is 1. The highest BCUT2D eigenvalue weighted by atomic mass is 35.5. The normalized spacial score (nSPS) is 15.6. The molecule has 1 fully saturated rings. The van der Waals surface area contributed by atoms with Crippen LogP contribution in [0.5, 0.6) is 0 Å². The minimum absolute atomic E-state index is 0.00205. The van der Waals surface area contributed by atoms with Gasteiger partial charge in [0, 0.05) is 65.7 Å². The van der Waals surface area contributed by atoms with Crippen molar-refractivity contribution in [2.24, 2.45) is 0 Å². The van der Waals surface area contributed by atoms with Gasteiger partial charge in [-0.2, -0.15) is 0 Å². The van der Waals surface area contributed by atoms with Crippen molar-refractivity contribution in [2.75, 3.05) is 44.4 Å². The third-order valence-corrected chi connectivity index (χ3v) is 7.05. The van der Waals surface area contributed by atoms with E-state index in [4.69, 9.17) is 16.6 Å². The van der Waals surface area contributed by atoms with Crippen LogP contribution in [0.3, 0.4) is 0 Å². The Bertz CT molecular complexity index is 1530. The first-order valence-electron chi connectivity index (χ1n) is 13.2. The zero-order chi connectivity index (χ0) is 28.1. The molecule has 1 unspecified atom stereocenters. The van der Waals surface area contributed by atoms with E-state index in [9.17, 15) is 9.59 Å². The molecule has 5 rings (SSSR count). The van der Waals surface area contributed by atoms with Crippen LogP contribution in [-0.2, 0) is 4.79 Å². The van der Waals surface area contributed by atoms with Crippen LogP contribution in [0.2, 0.25) is 5.02 Å². The number of para-hydroxylation sites is 1. The quantitative estimate of drug-likeness (QED) is 0.262. The van der Waals surface area contributed by atoms with Gasteiger partial charge in [-0.3, -0.25) is 9.59 Å². The van der Waals surface area contributed by atoms with E-state index in [1.54, 1.807) is 36.5 Å². The molecule has 2 aromatic carbocycles. The van der Waals surface area contributed by atoms with Crippen LogP contribution in [0.25, 0.3) is 22.2 Å². The summed E-state index contributed by atoms with van der Waals surface area (Å²) in [7, 11) is 3.87. The van der Waals surface area contributed by atoms with Gasteiger partial charge in [0.1, 0.15) is 0 Å². The maximum absolute atomic E-state index is 13.3. The Morgan fingerprint density at radius 2 is 1.98 bits per heavy atom. The van der Waals surface area contributed by atoms with E-state index in [0.717, 1.165) is 29.3 Å². The largest absolute Gasteiger partial charge is 0.360 e. The monoisotopic (exact) mass is 557 g/mol. The summed E-state index contributed by atoms with van der Waals surface area (Å²) in [6.45, 7) is 1.89. The number of likely N-dealkylation sites (tertiary alicyclic amines) is 1. The maximum Gasteiger partial charge on any atom is 0.253 e. The number of anilines is 2. The SMILES string of the molecule is CN(C)CC=CC(=O)Nc1ccc(C(=O)N2CCCC(Nc3ncc(Cl)c(-c4c[nH]c5ccccc45)n3)C2)cc1. The Hall–Kier alpha value is -4.21. The molecular formula is C30H32ClN7O2. The number of piperidine rings is 1. The average Bonchev–Trinajstić information content (AvgIpc) is 3.38. The zero-order valence-electron chi connectivity index (χ0n) is 22.5. The predicted octanol–water partition coefficient (Wildman–Crippen LogP) is 5.05. The minimum Gasteiger partial charge on any atom is -0.360 e. The van der Waals surface area contributed by atoms with Crippen molar-refractivity contribution in [1.29, 1.82) is 0 Å². The molecule has 2 aromatic heterocycles. The summed E-state index contributed by atoms with van der Waals surface area (Å²) in [5, 5.41) is 7.74. The molecule has 0 spiro atoms. The van der Waals surface area contributed by atoms with E-state index in [0.29, 0.717) is 47.6 Å². The number of carbonyl (C=O) groups excluding carboxylic acids is 2. The highest BCUT2D eigenvalue weighted by Crippen LogP contribution is 2.32. The number of hydrogen-bond acceptors (Lipinski definition) is 6. The van der Waals surface area contributed by atoms with Crippen molar-refractivity contribution in [1.82, 2.24) is 24.8 Å². The minimum atomic E-state index is -0.205. The lowest BCUT2D eigenvalue weighted by molar-refractivity contribution is -0.111. The topological polar surface area (TPSA) is 106 Å². The summed E-state index contributed by atoms with van der Waals surface area (Å²) in [6, 6.07) is 15.0. The van der Waals surface area contributed by atoms with Gasteiger partial charge in [0.15, 0.2) is 0 Å². The number of carbonyl (C=O) groups is 2. The number of rotatable bonds is 8. The average molecular weight is 558 g/mol. The van der Waals surface area contributed by atoms with Gasteiger partial charge in [-0.05, 0) is 57.3 Å². The maximum atomic E-state index is 13.3. The second kappa shape index (κ2) is 12.3. The number of aromatic nitrogens is 3. The first-order chi connectivity index (χ1) is 19.4. The predicted molar refractivity (Wildman–Crippen MR) is 160 cm³/mol. The van der Waals surface area contributed by atoms with Crippen molar-refractivity contribution < 1.29 is 9.59 Å². The van der Waals surface area contributed by atoms with E-state index in [-0.39, 0.29) is 17.9 Å². The molecule has 1 aliphatic heterocycles. The Morgan fingerprint density at radius 3 is 2.77 bits per heavy atom. The van der Waals surface area contributed by atoms with Gasteiger partial charge in [0.2, 0.25) is 11.9 Å². The highest BCUT2D eigenvalue weighted by Gasteiger charge is 2.25. The Balaban J connectivity index is 1.22. The fraction of sp³-hybridized carbons (Fsp3) is 0.267. The molecule has 3 heterocycles. The van der Waals surface area contributed by atoms with Gasteiger partial charge < -0.3 is 25.4 Å². The highest BCUT2D eigenvalue weighted by molar-refractivity contribution is 6.33. The van der Waals surface area contributed by atoms with Crippen LogP contribution in [0.4, 0.5) is 11.6 Å². The third kappa shape index (κ3) is 6.50. The summed E-state index contributed by atoms with van der Waals surface area (Å²) >= 11 is 6.49. The lowest BCUT2D eigenvalue weighted by atomic mass is 10.0. The smallest absolute Gasteiger partial charge is 0.253 e. The number of benzene rings is 2. The van der Waals surface area contributed by atoms with Gasteiger partial charge in [0.05, 0.1) is 16.9 Å². The van der Waals surface area contributed by atoms with Crippen molar-refractivity contribution in [3.63, 3.8) is 0 Å². The standard InChI is InChI=1S/C30H32ClN7O2/c1-37(2)15-6-10-27(39)34-21-13-11-20(12-14-21)29(40)38-16-5-7-22(19-38)35-30-33-18-25(31)28(36-30)24-17-32-26-9-4-3-8-23(24)26/h3-4,6,8-14,17-18,22,32H,5,7,15-16,19H2,1-2H3,(H,34,39)(H,33,35,36). The number of amides is 2. The molecule has 0 aliphatic carbocycles. The van der Waals surface area contributed by atoms with Crippen LogP contribution in [-0.4, -0.2) is 76.3 Å². The number of likely N-dealkylation sites (N-methyl/N-ethyl adjacent to an activating group) is 1. The van der Waals surface area contributed by atoms with Gasteiger partial charge in [-0.1, -0.05) is 35.9 Å². The lowest BCUT2D eigenvalue weighted by Crippen LogP contribution is -2.45. The molecule has 1 saturated heterocycles. The molecule has 40 heavy (non-hydrogen) atoms. The van der Waals surface area contributed by atoms with Gasteiger partial charge in [-0.25, -0.2) is 9.97 Å². The zero-order valence-corrected chi connectivity index (χ0v) is 23.3. The van der Waals surface area contributed by atoms with Crippen molar-refractivity contribution in [2.45, 2.75) is 18.9 Å². The Labute approximate surface area is 238 Å². The van der Waals surface area contributed by atoms with E-state index >= 15 is 0 Å². The van der Waals surface area contributed by atoms with Crippen LogP contribution in [0.1, 0.15) is 23.2 Å². The van der Waals surface area contributed by atoms with Gasteiger partial charge >= 0.3 is 0 Å².